The Labute approximate surface area is 98.2 Å². The number of benzene rings is 1. The van der Waals surface area contributed by atoms with E-state index in [1.54, 1.807) is 24.3 Å². The van der Waals surface area contributed by atoms with Crippen molar-refractivity contribution in [2.75, 3.05) is 0 Å². The molecule has 1 heterocycles. The van der Waals surface area contributed by atoms with Crippen molar-refractivity contribution in [3.05, 3.63) is 64.0 Å². The van der Waals surface area contributed by atoms with Gasteiger partial charge >= 0.3 is 0 Å². The van der Waals surface area contributed by atoms with Crippen molar-refractivity contribution in [1.29, 1.82) is 0 Å². The smallest absolute Gasteiger partial charge is 0.256 e. The lowest BCUT2D eigenvalue weighted by Crippen LogP contribution is -2.09. The molecule has 1 aromatic heterocycles. The lowest BCUT2D eigenvalue weighted by Gasteiger charge is -2.01. The maximum absolute atomic E-state index is 11.7. The van der Waals surface area contributed by atoms with Gasteiger partial charge < -0.3 is 4.98 Å². The Morgan fingerprint density at radius 3 is 2.38 bits per heavy atom. The van der Waals surface area contributed by atoms with E-state index in [-0.39, 0.29) is 5.56 Å². The molecule has 0 unspecified atom stereocenters. The van der Waals surface area contributed by atoms with Crippen LogP contribution in [0.1, 0.15) is 5.69 Å². The second-order valence-electron chi connectivity index (χ2n) is 3.37. The predicted octanol–water partition coefficient (Wildman–Crippen LogP) is 3.34. The summed E-state index contributed by atoms with van der Waals surface area (Å²) in [6, 6.07) is 10.8. The fraction of sp³-hybridized carbons (Fsp3) is 0. The second kappa shape index (κ2) is 4.37. The summed E-state index contributed by atoms with van der Waals surface area (Å²) >= 11 is 5.79. The molecular weight excluding hydrogens is 222 g/mol. The molecule has 0 fully saturated rings. The van der Waals surface area contributed by atoms with Crippen LogP contribution in [0.5, 0.6) is 0 Å². The Morgan fingerprint density at radius 2 is 1.81 bits per heavy atom. The molecule has 1 aromatic carbocycles. The molecule has 0 spiro atoms. The van der Waals surface area contributed by atoms with E-state index >= 15 is 0 Å². The summed E-state index contributed by atoms with van der Waals surface area (Å²) in [7, 11) is 0. The highest BCUT2D eigenvalue weighted by atomic mass is 35.5. The minimum atomic E-state index is -0.125. The minimum Gasteiger partial charge on any atom is -0.322 e. The molecule has 0 saturated carbocycles. The van der Waals surface area contributed by atoms with Crippen LogP contribution in [0.4, 0.5) is 0 Å². The summed E-state index contributed by atoms with van der Waals surface area (Å²) in [5.74, 6) is 0. The highest BCUT2D eigenvalue weighted by Gasteiger charge is 2.02. The zero-order valence-corrected chi connectivity index (χ0v) is 9.29. The zero-order chi connectivity index (χ0) is 11.5. The average molecular weight is 232 g/mol. The first kappa shape index (κ1) is 10.7. The van der Waals surface area contributed by atoms with Crippen molar-refractivity contribution < 1.29 is 0 Å². The van der Waals surface area contributed by atoms with Crippen molar-refractivity contribution in [3.8, 4) is 11.1 Å². The number of hydrogen-bond donors (Lipinski definition) is 1. The van der Waals surface area contributed by atoms with E-state index in [4.69, 9.17) is 11.6 Å². The molecule has 0 atom stereocenters. The Kier molecular flexibility index (Phi) is 2.93. The highest BCUT2D eigenvalue weighted by Crippen LogP contribution is 2.18. The van der Waals surface area contributed by atoms with Crippen LogP contribution in [-0.4, -0.2) is 4.98 Å². The van der Waals surface area contributed by atoms with E-state index in [0.29, 0.717) is 16.3 Å². The van der Waals surface area contributed by atoms with E-state index in [0.717, 1.165) is 5.56 Å². The van der Waals surface area contributed by atoms with Gasteiger partial charge in [-0.05, 0) is 35.9 Å². The number of H-pyrrole nitrogens is 1. The molecule has 0 aliphatic heterocycles. The van der Waals surface area contributed by atoms with Gasteiger partial charge in [-0.2, -0.15) is 0 Å². The standard InChI is InChI=1S/C13H10ClNO/c1-2-11-7-8-12(13(16)15-11)9-3-5-10(14)6-4-9/h2-8H,1H2,(H,15,16). The van der Waals surface area contributed by atoms with Gasteiger partial charge in [-0.1, -0.05) is 30.3 Å². The summed E-state index contributed by atoms with van der Waals surface area (Å²) in [6.45, 7) is 3.60. The average Bonchev–Trinajstić information content (AvgIpc) is 2.30. The van der Waals surface area contributed by atoms with Crippen LogP contribution < -0.4 is 5.56 Å². The molecule has 2 nitrogen and oxygen atoms in total. The van der Waals surface area contributed by atoms with Crippen LogP contribution in [0.15, 0.2) is 47.8 Å². The number of hydrogen-bond acceptors (Lipinski definition) is 1. The third-order valence-corrected chi connectivity index (χ3v) is 2.56. The first-order valence-corrected chi connectivity index (χ1v) is 5.20. The summed E-state index contributed by atoms with van der Waals surface area (Å²) in [6.07, 6.45) is 1.60. The van der Waals surface area contributed by atoms with Gasteiger partial charge in [-0.25, -0.2) is 0 Å². The van der Waals surface area contributed by atoms with E-state index in [9.17, 15) is 4.79 Å². The first-order chi connectivity index (χ1) is 7.70. The summed E-state index contributed by atoms with van der Waals surface area (Å²) < 4.78 is 0. The lowest BCUT2D eigenvalue weighted by atomic mass is 10.1. The van der Waals surface area contributed by atoms with E-state index in [2.05, 4.69) is 11.6 Å². The fourth-order valence-electron chi connectivity index (χ4n) is 1.46. The van der Waals surface area contributed by atoms with Crippen LogP contribution in [0, 0.1) is 0 Å². The molecule has 0 bridgehead atoms. The normalized spacial score (nSPS) is 10.1. The predicted molar refractivity (Wildman–Crippen MR) is 67.6 cm³/mol. The van der Waals surface area contributed by atoms with Crippen LogP contribution in [0.3, 0.4) is 0 Å². The minimum absolute atomic E-state index is 0.125. The fourth-order valence-corrected chi connectivity index (χ4v) is 1.59. The Bertz CT molecular complexity index is 569. The number of halogens is 1. The summed E-state index contributed by atoms with van der Waals surface area (Å²) in [5, 5.41) is 0.655. The highest BCUT2D eigenvalue weighted by molar-refractivity contribution is 6.30. The first-order valence-electron chi connectivity index (χ1n) is 4.82. The van der Waals surface area contributed by atoms with Crippen molar-refractivity contribution in [3.63, 3.8) is 0 Å². The monoisotopic (exact) mass is 231 g/mol. The van der Waals surface area contributed by atoms with Gasteiger partial charge in [0.15, 0.2) is 0 Å². The van der Waals surface area contributed by atoms with E-state index in [1.807, 2.05) is 18.2 Å². The lowest BCUT2D eigenvalue weighted by molar-refractivity contribution is 1.22. The molecule has 0 aliphatic rings. The second-order valence-corrected chi connectivity index (χ2v) is 3.80. The molecule has 16 heavy (non-hydrogen) atoms. The van der Waals surface area contributed by atoms with Gasteiger partial charge in [-0.15, -0.1) is 0 Å². The van der Waals surface area contributed by atoms with Gasteiger partial charge in [0, 0.05) is 16.3 Å². The number of aromatic nitrogens is 1. The van der Waals surface area contributed by atoms with Crippen LogP contribution in [0.25, 0.3) is 17.2 Å². The van der Waals surface area contributed by atoms with Crippen LogP contribution in [-0.2, 0) is 0 Å². The molecule has 0 radical (unpaired) electrons. The van der Waals surface area contributed by atoms with Crippen molar-refractivity contribution in [1.82, 2.24) is 4.98 Å². The molecular formula is C13H10ClNO. The third kappa shape index (κ3) is 2.07. The van der Waals surface area contributed by atoms with Crippen molar-refractivity contribution >= 4 is 17.7 Å². The number of aromatic amines is 1. The molecule has 2 aromatic rings. The van der Waals surface area contributed by atoms with E-state index in [1.165, 1.54) is 0 Å². The van der Waals surface area contributed by atoms with Gasteiger partial charge in [0.05, 0.1) is 0 Å². The Morgan fingerprint density at radius 1 is 1.12 bits per heavy atom. The SMILES string of the molecule is C=Cc1ccc(-c2ccc(Cl)cc2)c(=O)[nH]1. The summed E-state index contributed by atoms with van der Waals surface area (Å²) in [5.41, 5.74) is 2.06. The summed E-state index contributed by atoms with van der Waals surface area (Å²) in [4.78, 5) is 14.5. The zero-order valence-electron chi connectivity index (χ0n) is 8.53. The maximum atomic E-state index is 11.7. The quantitative estimate of drug-likeness (QED) is 0.845. The van der Waals surface area contributed by atoms with Crippen LogP contribution >= 0.6 is 11.6 Å². The number of pyridine rings is 1. The number of rotatable bonds is 2. The van der Waals surface area contributed by atoms with E-state index < -0.39 is 0 Å². The maximum Gasteiger partial charge on any atom is 0.256 e. The largest absolute Gasteiger partial charge is 0.322 e. The molecule has 0 amide bonds. The Hall–Kier alpha value is -1.80. The molecule has 2 rings (SSSR count). The molecule has 0 aliphatic carbocycles. The van der Waals surface area contributed by atoms with Crippen LogP contribution in [0.2, 0.25) is 5.02 Å². The van der Waals surface area contributed by atoms with Crippen molar-refractivity contribution in [2.45, 2.75) is 0 Å². The van der Waals surface area contributed by atoms with Gasteiger partial charge in [0.2, 0.25) is 0 Å². The third-order valence-electron chi connectivity index (χ3n) is 2.31. The Balaban J connectivity index is 2.52. The van der Waals surface area contributed by atoms with Crippen molar-refractivity contribution in [2.24, 2.45) is 0 Å². The van der Waals surface area contributed by atoms with Gasteiger partial charge in [0.1, 0.15) is 0 Å². The topological polar surface area (TPSA) is 32.9 Å². The molecule has 3 heteroatoms. The molecule has 0 saturated heterocycles. The van der Waals surface area contributed by atoms with Gasteiger partial charge in [-0.3, -0.25) is 4.79 Å². The van der Waals surface area contributed by atoms with Gasteiger partial charge in [0.25, 0.3) is 5.56 Å². The molecule has 1 N–H and O–H groups in total. The number of nitrogens with one attached hydrogen (secondary N) is 1. The molecule has 80 valence electrons.